The number of halogens is 1. The van der Waals surface area contributed by atoms with Gasteiger partial charge in [0, 0.05) is 65.6 Å². The van der Waals surface area contributed by atoms with Crippen LogP contribution < -0.4 is 5.48 Å². The number of aryl methyl sites for hydroxylation is 2. The van der Waals surface area contributed by atoms with Crippen molar-refractivity contribution in [2.24, 2.45) is 0 Å². The molecule has 0 aliphatic heterocycles. The first-order valence-electron chi connectivity index (χ1n) is 12.3. The molecule has 8 heteroatoms. The Morgan fingerprint density at radius 2 is 2.22 bits per heavy atom. The van der Waals surface area contributed by atoms with Crippen molar-refractivity contribution in [3.05, 3.63) is 93.9 Å². The molecule has 0 spiro atoms. The molecular weight excluding hydrogens is 474 g/mol. The van der Waals surface area contributed by atoms with Gasteiger partial charge in [0.25, 0.3) is 5.91 Å². The number of rotatable bonds is 9. The van der Waals surface area contributed by atoms with Gasteiger partial charge in [-0.3, -0.25) is 19.6 Å². The second-order valence-electron chi connectivity index (χ2n) is 9.25. The number of aromatic amines is 1. The Bertz CT molecular complexity index is 1410. The summed E-state index contributed by atoms with van der Waals surface area (Å²) in [6, 6.07) is 12.7. The molecule has 1 unspecified atom stereocenters. The quantitative estimate of drug-likeness (QED) is 0.164. The number of H-pyrrole nitrogens is 1. The van der Waals surface area contributed by atoms with E-state index in [0.717, 1.165) is 55.0 Å². The Hall–Kier alpha value is -3.39. The molecule has 1 atom stereocenters. The van der Waals surface area contributed by atoms with Crippen molar-refractivity contribution in [1.29, 1.82) is 0 Å². The van der Waals surface area contributed by atoms with Gasteiger partial charge in [-0.05, 0) is 66.6 Å². The van der Waals surface area contributed by atoms with E-state index in [4.69, 9.17) is 16.8 Å². The minimum Gasteiger partial charge on any atom is -0.361 e. The minimum absolute atomic E-state index is 0.309. The second kappa shape index (κ2) is 10.7. The van der Waals surface area contributed by atoms with Crippen molar-refractivity contribution in [3.8, 4) is 0 Å². The molecule has 0 saturated carbocycles. The normalized spacial score (nSPS) is 15.3. The third-order valence-electron chi connectivity index (χ3n) is 6.99. The minimum atomic E-state index is -0.535. The van der Waals surface area contributed by atoms with Crippen LogP contribution in [0, 0.1) is 0 Å². The topological polar surface area (TPSA) is 86.2 Å². The van der Waals surface area contributed by atoms with Crippen molar-refractivity contribution in [2.75, 3.05) is 6.54 Å². The zero-order valence-electron chi connectivity index (χ0n) is 20.2. The molecule has 0 fully saturated rings. The first-order chi connectivity index (χ1) is 17.5. The summed E-state index contributed by atoms with van der Waals surface area (Å²) in [6.45, 7) is 4.70. The predicted molar refractivity (Wildman–Crippen MR) is 142 cm³/mol. The Labute approximate surface area is 215 Å². The van der Waals surface area contributed by atoms with Crippen LogP contribution in [0.3, 0.4) is 0 Å². The number of carbonyl (C=O) groups excluding carboxylic acids is 1. The number of hydrogen-bond acceptors (Lipinski definition) is 4. The highest BCUT2D eigenvalue weighted by atomic mass is 35.5. The number of amides is 1. The van der Waals surface area contributed by atoms with Crippen LogP contribution in [0.25, 0.3) is 17.0 Å². The van der Waals surface area contributed by atoms with Crippen molar-refractivity contribution >= 4 is 34.5 Å². The summed E-state index contributed by atoms with van der Waals surface area (Å²) in [5.41, 5.74) is 8.80. The van der Waals surface area contributed by atoms with Gasteiger partial charge in [0.15, 0.2) is 0 Å². The highest BCUT2D eigenvalue weighted by Crippen LogP contribution is 2.37. The highest BCUT2D eigenvalue weighted by molar-refractivity contribution is 6.31. The molecule has 2 heterocycles. The highest BCUT2D eigenvalue weighted by Gasteiger charge is 2.28. The summed E-state index contributed by atoms with van der Waals surface area (Å²) in [4.78, 5) is 17.3. The Morgan fingerprint density at radius 1 is 1.33 bits per heavy atom. The molecule has 0 bridgehead atoms. The molecule has 0 saturated heterocycles. The van der Waals surface area contributed by atoms with Crippen LogP contribution in [-0.4, -0.2) is 37.3 Å². The number of benzene rings is 2. The van der Waals surface area contributed by atoms with Crippen LogP contribution in [0.5, 0.6) is 0 Å². The fourth-order valence-electron chi connectivity index (χ4n) is 5.18. The smallest absolute Gasteiger partial charge is 0.267 e. The number of nitrogens with zero attached hydrogens (tertiary/aromatic N) is 3. The largest absolute Gasteiger partial charge is 0.361 e. The third-order valence-corrected chi connectivity index (χ3v) is 7.22. The SMILES string of the molecule is CCn1cc(CN(CCc2c[nH]c3cc(Cl)ccc23)C2CCc3cc(/C=C/C(=O)NO)ccc32)cn1. The molecule has 4 aromatic rings. The lowest BCUT2D eigenvalue weighted by Gasteiger charge is -2.29. The Balaban J connectivity index is 1.39. The van der Waals surface area contributed by atoms with E-state index in [2.05, 4.69) is 52.5 Å². The fourth-order valence-corrected chi connectivity index (χ4v) is 5.35. The zero-order valence-corrected chi connectivity index (χ0v) is 21.0. The second-order valence-corrected chi connectivity index (χ2v) is 9.69. The molecule has 2 aromatic heterocycles. The van der Waals surface area contributed by atoms with E-state index >= 15 is 0 Å². The van der Waals surface area contributed by atoms with Crippen molar-refractivity contribution in [2.45, 2.75) is 45.3 Å². The number of nitrogens with one attached hydrogen (secondary N) is 2. The van der Waals surface area contributed by atoms with E-state index in [-0.39, 0.29) is 0 Å². The van der Waals surface area contributed by atoms with Crippen LogP contribution in [0.2, 0.25) is 5.02 Å². The maximum absolute atomic E-state index is 11.4. The molecule has 36 heavy (non-hydrogen) atoms. The standard InChI is InChI=1S/C28H30ClN5O2/c1-2-34-18-20(15-31-34)17-33(12-11-22-16-30-26-14-23(29)6-8-24(22)26)27-9-5-21-13-19(3-7-25(21)27)4-10-28(35)32-36/h3-4,6-8,10,13-16,18,27,30,36H,2,5,9,11-12,17H2,1H3,(H,32,35)/b10-4+. The van der Waals surface area contributed by atoms with Gasteiger partial charge in [-0.25, -0.2) is 5.48 Å². The van der Waals surface area contributed by atoms with Crippen LogP contribution in [0.1, 0.15) is 47.2 Å². The lowest BCUT2D eigenvalue weighted by atomic mass is 10.0. The van der Waals surface area contributed by atoms with E-state index in [1.807, 2.05) is 29.1 Å². The van der Waals surface area contributed by atoms with E-state index in [9.17, 15) is 4.79 Å². The van der Waals surface area contributed by atoms with Crippen LogP contribution >= 0.6 is 11.6 Å². The number of hydroxylamine groups is 1. The summed E-state index contributed by atoms with van der Waals surface area (Å²) < 4.78 is 1.97. The Kier molecular flexibility index (Phi) is 7.23. The molecule has 0 radical (unpaired) electrons. The predicted octanol–water partition coefficient (Wildman–Crippen LogP) is 5.29. The van der Waals surface area contributed by atoms with Gasteiger partial charge in [0.05, 0.1) is 6.20 Å². The van der Waals surface area contributed by atoms with Crippen molar-refractivity contribution in [3.63, 3.8) is 0 Å². The van der Waals surface area contributed by atoms with E-state index < -0.39 is 5.91 Å². The van der Waals surface area contributed by atoms with E-state index in [1.165, 1.54) is 33.7 Å². The molecule has 3 N–H and O–H groups in total. The third kappa shape index (κ3) is 5.23. The number of hydrogen-bond donors (Lipinski definition) is 3. The average Bonchev–Trinajstić information content (AvgIpc) is 3.62. The molecule has 2 aromatic carbocycles. The molecular formula is C28H30ClN5O2. The van der Waals surface area contributed by atoms with Gasteiger partial charge in [-0.1, -0.05) is 35.9 Å². The van der Waals surface area contributed by atoms with E-state index in [1.54, 1.807) is 11.6 Å². The van der Waals surface area contributed by atoms with Gasteiger partial charge in [0.1, 0.15) is 0 Å². The number of carbonyl (C=O) groups is 1. The molecule has 1 aliphatic carbocycles. The van der Waals surface area contributed by atoms with Gasteiger partial charge in [-0.15, -0.1) is 0 Å². The van der Waals surface area contributed by atoms with Crippen LogP contribution in [0.4, 0.5) is 0 Å². The maximum Gasteiger partial charge on any atom is 0.267 e. The van der Waals surface area contributed by atoms with Gasteiger partial charge in [-0.2, -0.15) is 5.10 Å². The van der Waals surface area contributed by atoms with Gasteiger partial charge < -0.3 is 4.98 Å². The number of fused-ring (bicyclic) bond motifs is 2. The van der Waals surface area contributed by atoms with Crippen LogP contribution in [-0.2, 0) is 30.7 Å². The number of aromatic nitrogens is 3. The summed E-state index contributed by atoms with van der Waals surface area (Å²) in [6.07, 6.45) is 12.2. The summed E-state index contributed by atoms with van der Waals surface area (Å²) in [7, 11) is 0. The van der Waals surface area contributed by atoms with E-state index in [0.29, 0.717) is 6.04 Å². The zero-order chi connectivity index (χ0) is 25.1. The van der Waals surface area contributed by atoms with Crippen LogP contribution in [0.15, 0.2) is 61.1 Å². The summed E-state index contributed by atoms with van der Waals surface area (Å²) >= 11 is 6.18. The lowest BCUT2D eigenvalue weighted by Crippen LogP contribution is -2.29. The summed E-state index contributed by atoms with van der Waals surface area (Å²) in [5.74, 6) is -0.535. The summed E-state index contributed by atoms with van der Waals surface area (Å²) in [5, 5.41) is 15.2. The van der Waals surface area contributed by atoms with Crippen molar-refractivity contribution < 1.29 is 10.0 Å². The fraction of sp³-hybridized carbons (Fsp3) is 0.286. The Morgan fingerprint density at radius 3 is 3.03 bits per heavy atom. The van der Waals surface area contributed by atoms with Gasteiger partial charge in [0.2, 0.25) is 0 Å². The van der Waals surface area contributed by atoms with Gasteiger partial charge >= 0.3 is 0 Å². The molecule has 1 aliphatic rings. The first-order valence-corrected chi connectivity index (χ1v) is 12.7. The molecule has 1 amide bonds. The maximum atomic E-state index is 11.4. The molecule has 5 rings (SSSR count). The van der Waals surface area contributed by atoms with Crippen molar-refractivity contribution in [1.82, 2.24) is 25.1 Å². The molecule has 186 valence electrons. The lowest BCUT2D eigenvalue weighted by molar-refractivity contribution is -0.124. The monoisotopic (exact) mass is 503 g/mol. The molecule has 7 nitrogen and oxygen atoms in total. The average molecular weight is 504 g/mol. The first kappa shape index (κ1) is 24.3.